The zero-order valence-electron chi connectivity index (χ0n) is 13.1. The molecular formula is C15H30N2O2. The Bertz CT molecular complexity index is 281. The van der Waals surface area contributed by atoms with Gasteiger partial charge in [-0.05, 0) is 24.7 Å². The molecule has 1 aliphatic heterocycles. The monoisotopic (exact) mass is 270 g/mol. The summed E-state index contributed by atoms with van der Waals surface area (Å²) in [6.07, 6.45) is 3.19. The third-order valence-electron chi connectivity index (χ3n) is 3.58. The molecule has 0 aromatic carbocycles. The Hall–Kier alpha value is -0.610. The van der Waals surface area contributed by atoms with Crippen LogP contribution in [0.4, 0.5) is 0 Å². The molecule has 1 rings (SSSR count). The lowest BCUT2D eigenvalue weighted by molar-refractivity contribution is -0.131. The number of carbonyl (C=O) groups is 1. The van der Waals surface area contributed by atoms with E-state index in [1.165, 1.54) is 0 Å². The van der Waals surface area contributed by atoms with Crippen LogP contribution in [0.1, 0.15) is 47.0 Å². The number of methoxy groups -OCH3 is 1. The molecule has 0 spiro atoms. The molecule has 1 N–H and O–H groups in total. The summed E-state index contributed by atoms with van der Waals surface area (Å²) in [5, 5.41) is 3.51. The van der Waals surface area contributed by atoms with Crippen molar-refractivity contribution in [3.05, 3.63) is 0 Å². The van der Waals surface area contributed by atoms with Crippen molar-refractivity contribution in [2.75, 3.05) is 20.3 Å². The van der Waals surface area contributed by atoms with E-state index in [4.69, 9.17) is 4.74 Å². The van der Waals surface area contributed by atoms with Crippen molar-refractivity contribution in [2.45, 2.75) is 59.2 Å². The van der Waals surface area contributed by atoms with Gasteiger partial charge in [0.1, 0.15) is 0 Å². The van der Waals surface area contributed by atoms with Gasteiger partial charge in [0.05, 0.1) is 18.8 Å². The predicted molar refractivity (Wildman–Crippen MR) is 77.8 cm³/mol. The Kier molecular flexibility index (Phi) is 6.80. The molecule has 0 aromatic rings. The van der Waals surface area contributed by atoms with Crippen LogP contribution in [0.25, 0.3) is 0 Å². The van der Waals surface area contributed by atoms with Gasteiger partial charge in [-0.15, -0.1) is 0 Å². The van der Waals surface area contributed by atoms with Gasteiger partial charge in [0, 0.05) is 13.7 Å². The fourth-order valence-corrected chi connectivity index (χ4v) is 2.77. The molecule has 4 nitrogen and oxygen atoms in total. The first-order chi connectivity index (χ1) is 8.99. The van der Waals surface area contributed by atoms with Crippen LogP contribution >= 0.6 is 0 Å². The normalized spacial score (nSPS) is 25.4. The highest BCUT2D eigenvalue weighted by atomic mass is 16.5. The summed E-state index contributed by atoms with van der Waals surface area (Å²) in [6.45, 7) is 10.2. The lowest BCUT2D eigenvalue weighted by atomic mass is 10.1. The van der Waals surface area contributed by atoms with Crippen molar-refractivity contribution in [3.8, 4) is 0 Å². The van der Waals surface area contributed by atoms with Gasteiger partial charge in [-0.2, -0.15) is 0 Å². The van der Waals surface area contributed by atoms with Gasteiger partial charge < -0.3 is 9.64 Å². The first-order valence-corrected chi connectivity index (χ1v) is 7.55. The molecule has 0 aromatic heterocycles. The first-order valence-electron chi connectivity index (χ1n) is 7.55. The zero-order chi connectivity index (χ0) is 14.4. The highest BCUT2D eigenvalue weighted by molar-refractivity contribution is 5.84. The van der Waals surface area contributed by atoms with E-state index in [2.05, 4.69) is 33.0 Å². The van der Waals surface area contributed by atoms with Crippen molar-refractivity contribution in [2.24, 2.45) is 11.8 Å². The molecule has 1 heterocycles. The van der Waals surface area contributed by atoms with Crippen molar-refractivity contribution in [1.82, 2.24) is 10.2 Å². The standard InChI is InChI=1S/C15H30N2O2/c1-6-7-13-15(18)17(9-12(4)10-19-5)14(16-13)8-11(2)3/h11-14,16H,6-10H2,1-5H3. The first kappa shape index (κ1) is 16.4. The Morgan fingerprint density at radius 2 is 2.05 bits per heavy atom. The Balaban J connectivity index is 2.67. The zero-order valence-corrected chi connectivity index (χ0v) is 13.1. The van der Waals surface area contributed by atoms with Crippen LogP contribution in [0, 0.1) is 11.8 Å². The molecule has 3 unspecified atom stereocenters. The molecule has 3 atom stereocenters. The van der Waals surface area contributed by atoms with Crippen molar-refractivity contribution >= 4 is 5.91 Å². The summed E-state index contributed by atoms with van der Waals surface area (Å²) in [6, 6.07) is 0.0171. The average molecular weight is 270 g/mol. The van der Waals surface area contributed by atoms with Crippen LogP contribution in [0.2, 0.25) is 0 Å². The Morgan fingerprint density at radius 1 is 1.37 bits per heavy atom. The smallest absolute Gasteiger partial charge is 0.241 e. The van der Waals surface area contributed by atoms with Crippen molar-refractivity contribution < 1.29 is 9.53 Å². The molecule has 0 bridgehead atoms. The van der Waals surface area contributed by atoms with E-state index in [0.717, 1.165) is 25.8 Å². The van der Waals surface area contributed by atoms with Gasteiger partial charge in [-0.25, -0.2) is 0 Å². The number of amides is 1. The van der Waals surface area contributed by atoms with Crippen LogP contribution in [-0.2, 0) is 9.53 Å². The van der Waals surface area contributed by atoms with E-state index in [1.54, 1.807) is 7.11 Å². The number of hydrogen-bond acceptors (Lipinski definition) is 3. The van der Waals surface area contributed by atoms with Crippen molar-refractivity contribution in [3.63, 3.8) is 0 Å². The number of ether oxygens (including phenoxy) is 1. The molecule has 1 amide bonds. The highest BCUT2D eigenvalue weighted by Gasteiger charge is 2.38. The minimum absolute atomic E-state index is 0.0171. The van der Waals surface area contributed by atoms with Gasteiger partial charge in [0.2, 0.25) is 5.91 Å². The van der Waals surface area contributed by atoms with Gasteiger partial charge in [-0.1, -0.05) is 34.1 Å². The molecule has 0 aliphatic carbocycles. The average Bonchev–Trinajstić information content (AvgIpc) is 2.58. The van der Waals surface area contributed by atoms with Crippen LogP contribution in [0.5, 0.6) is 0 Å². The number of rotatable bonds is 8. The lowest BCUT2D eigenvalue weighted by Crippen LogP contribution is -2.41. The van der Waals surface area contributed by atoms with E-state index in [0.29, 0.717) is 18.4 Å². The fraction of sp³-hybridized carbons (Fsp3) is 0.933. The SMILES string of the molecule is CCCC1NC(CC(C)C)N(CC(C)COC)C1=O. The van der Waals surface area contributed by atoms with Gasteiger partial charge in [0.25, 0.3) is 0 Å². The van der Waals surface area contributed by atoms with Crippen LogP contribution in [0.3, 0.4) is 0 Å². The van der Waals surface area contributed by atoms with Crippen LogP contribution in [-0.4, -0.2) is 43.3 Å². The second-order valence-electron chi connectivity index (χ2n) is 6.20. The number of nitrogens with zero attached hydrogens (tertiary/aromatic N) is 1. The topological polar surface area (TPSA) is 41.6 Å². The minimum atomic E-state index is 0.0171. The molecule has 4 heteroatoms. The summed E-state index contributed by atoms with van der Waals surface area (Å²) in [5.74, 6) is 1.24. The maximum atomic E-state index is 12.4. The number of nitrogens with one attached hydrogen (secondary N) is 1. The van der Waals surface area contributed by atoms with Gasteiger partial charge >= 0.3 is 0 Å². The van der Waals surface area contributed by atoms with E-state index in [9.17, 15) is 4.79 Å². The summed E-state index contributed by atoms with van der Waals surface area (Å²) < 4.78 is 5.18. The van der Waals surface area contributed by atoms with Gasteiger partial charge in [-0.3, -0.25) is 10.1 Å². The molecule has 19 heavy (non-hydrogen) atoms. The summed E-state index contributed by atoms with van der Waals surface area (Å²) in [5.41, 5.74) is 0. The largest absolute Gasteiger partial charge is 0.384 e. The third kappa shape index (κ3) is 4.77. The van der Waals surface area contributed by atoms with Crippen LogP contribution < -0.4 is 5.32 Å². The van der Waals surface area contributed by atoms with E-state index in [-0.39, 0.29) is 18.1 Å². The third-order valence-corrected chi connectivity index (χ3v) is 3.58. The summed E-state index contributed by atoms with van der Waals surface area (Å²) in [7, 11) is 1.71. The minimum Gasteiger partial charge on any atom is -0.384 e. The second kappa shape index (κ2) is 7.85. The van der Waals surface area contributed by atoms with Crippen molar-refractivity contribution in [1.29, 1.82) is 0 Å². The number of carbonyl (C=O) groups excluding carboxylic acids is 1. The fourth-order valence-electron chi connectivity index (χ4n) is 2.77. The molecule has 1 fully saturated rings. The quantitative estimate of drug-likeness (QED) is 0.735. The maximum Gasteiger partial charge on any atom is 0.241 e. The maximum absolute atomic E-state index is 12.4. The van der Waals surface area contributed by atoms with E-state index < -0.39 is 0 Å². The van der Waals surface area contributed by atoms with E-state index in [1.807, 2.05) is 4.90 Å². The Labute approximate surface area is 117 Å². The second-order valence-corrected chi connectivity index (χ2v) is 6.20. The van der Waals surface area contributed by atoms with Crippen LogP contribution in [0.15, 0.2) is 0 Å². The summed E-state index contributed by atoms with van der Waals surface area (Å²) in [4.78, 5) is 14.5. The Morgan fingerprint density at radius 3 is 2.58 bits per heavy atom. The molecule has 112 valence electrons. The molecule has 1 aliphatic rings. The van der Waals surface area contributed by atoms with Gasteiger partial charge in [0.15, 0.2) is 0 Å². The molecule has 1 saturated heterocycles. The lowest BCUT2D eigenvalue weighted by Gasteiger charge is -2.28. The summed E-state index contributed by atoms with van der Waals surface area (Å²) >= 11 is 0. The molecular weight excluding hydrogens is 240 g/mol. The molecule has 0 radical (unpaired) electrons. The predicted octanol–water partition coefficient (Wildman–Crippen LogP) is 2.24. The van der Waals surface area contributed by atoms with E-state index >= 15 is 0 Å². The highest BCUT2D eigenvalue weighted by Crippen LogP contribution is 2.21. The molecule has 0 saturated carbocycles. The number of hydrogen-bond donors (Lipinski definition) is 1.